The maximum absolute atomic E-state index is 11.8. The van der Waals surface area contributed by atoms with Crippen molar-refractivity contribution >= 4 is 24.2 Å². The molecule has 82 valence electrons. The highest BCUT2D eigenvalue weighted by molar-refractivity contribution is 6.59. The standard InChI is InChI=1S/C8H8BClF2O3/c10-6-3-5(9(13)14)1-2-7(6)15-4-8(11)12/h1-3,8,13-14H,4H2. The van der Waals surface area contributed by atoms with E-state index in [9.17, 15) is 8.78 Å². The Balaban J connectivity index is 2.75. The summed E-state index contributed by atoms with van der Waals surface area (Å²) in [4.78, 5) is 0. The molecule has 0 aromatic heterocycles. The lowest BCUT2D eigenvalue weighted by Crippen LogP contribution is -2.29. The zero-order valence-electron chi connectivity index (χ0n) is 7.53. The van der Waals surface area contributed by atoms with Gasteiger partial charge in [0.2, 0.25) is 0 Å². The highest BCUT2D eigenvalue weighted by atomic mass is 35.5. The van der Waals surface area contributed by atoms with Gasteiger partial charge in [0, 0.05) is 0 Å². The van der Waals surface area contributed by atoms with E-state index in [-0.39, 0.29) is 16.2 Å². The fourth-order valence-electron chi connectivity index (χ4n) is 0.948. The molecule has 0 radical (unpaired) electrons. The van der Waals surface area contributed by atoms with Gasteiger partial charge in [-0.25, -0.2) is 8.78 Å². The maximum Gasteiger partial charge on any atom is 0.488 e. The van der Waals surface area contributed by atoms with Crippen LogP contribution in [0.1, 0.15) is 0 Å². The zero-order chi connectivity index (χ0) is 11.4. The molecule has 1 rings (SSSR count). The van der Waals surface area contributed by atoms with E-state index in [4.69, 9.17) is 21.6 Å². The van der Waals surface area contributed by atoms with Gasteiger partial charge in [-0.3, -0.25) is 0 Å². The summed E-state index contributed by atoms with van der Waals surface area (Å²) in [7, 11) is -1.65. The Morgan fingerprint density at radius 1 is 1.40 bits per heavy atom. The van der Waals surface area contributed by atoms with Gasteiger partial charge in [-0.05, 0) is 17.6 Å². The second-order valence-electron chi connectivity index (χ2n) is 2.77. The van der Waals surface area contributed by atoms with Crippen molar-refractivity contribution in [2.45, 2.75) is 6.43 Å². The molecule has 0 spiro atoms. The fraction of sp³-hybridized carbons (Fsp3) is 0.250. The Bertz CT molecular complexity index is 336. The van der Waals surface area contributed by atoms with E-state index in [0.717, 1.165) is 0 Å². The van der Waals surface area contributed by atoms with Crippen molar-refractivity contribution in [3.05, 3.63) is 23.2 Å². The Morgan fingerprint density at radius 2 is 2.07 bits per heavy atom. The van der Waals surface area contributed by atoms with Crippen molar-refractivity contribution in [1.29, 1.82) is 0 Å². The van der Waals surface area contributed by atoms with E-state index in [1.807, 2.05) is 0 Å². The molecule has 0 aliphatic heterocycles. The van der Waals surface area contributed by atoms with E-state index in [2.05, 4.69) is 4.74 Å². The van der Waals surface area contributed by atoms with Gasteiger partial charge < -0.3 is 14.8 Å². The summed E-state index contributed by atoms with van der Waals surface area (Å²) >= 11 is 5.66. The van der Waals surface area contributed by atoms with Crippen molar-refractivity contribution in [3.63, 3.8) is 0 Å². The summed E-state index contributed by atoms with van der Waals surface area (Å²) < 4.78 is 28.3. The first-order chi connectivity index (χ1) is 7.00. The molecule has 0 unspecified atom stereocenters. The van der Waals surface area contributed by atoms with Crippen LogP contribution in [0.4, 0.5) is 8.78 Å². The third-order valence-electron chi connectivity index (χ3n) is 1.62. The minimum atomic E-state index is -2.58. The summed E-state index contributed by atoms with van der Waals surface area (Å²) in [6.45, 7) is -0.749. The lowest BCUT2D eigenvalue weighted by molar-refractivity contribution is 0.0819. The van der Waals surface area contributed by atoms with Crippen LogP contribution >= 0.6 is 11.6 Å². The predicted molar refractivity (Wildman–Crippen MR) is 52.8 cm³/mol. The number of hydrogen-bond donors (Lipinski definition) is 2. The first kappa shape index (κ1) is 12.2. The van der Waals surface area contributed by atoms with Crippen LogP contribution in [0.5, 0.6) is 5.75 Å². The molecule has 0 heterocycles. The van der Waals surface area contributed by atoms with Gasteiger partial charge in [0.05, 0.1) is 5.02 Å². The second kappa shape index (κ2) is 5.30. The van der Waals surface area contributed by atoms with Gasteiger partial charge in [0.1, 0.15) is 12.4 Å². The average Bonchev–Trinajstić information content (AvgIpc) is 2.15. The third-order valence-corrected chi connectivity index (χ3v) is 1.91. The second-order valence-corrected chi connectivity index (χ2v) is 3.17. The topological polar surface area (TPSA) is 49.7 Å². The zero-order valence-corrected chi connectivity index (χ0v) is 8.29. The Kier molecular flexibility index (Phi) is 4.32. The van der Waals surface area contributed by atoms with Gasteiger partial charge in [-0.1, -0.05) is 17.7 Å². The molecule has 1 aromatic carbocycles. The maximum atomic E-state index is 11.8. The van der Waals surface area contributed by atoms with Crippen LogP contribution in [0.15, 0.2) is 18.2 Å². The molecule has 0 aliphatic carbocycles. The molecule has 0 saturated heterocycles. The molecule has 7 heteroatoms. The van der Waals surface area contributed by atoms with Crippen LogP contribution in [0.2, 0.25) is 5.02 Å². The van der Waals surface area contributed by atoms with E-state index >= 15 is 0 Å². The third kappa shape index (κ3) is 3.66. The lowest BCUT2D eigenvalue weighted by atomic mass is 9.80. The number of hydrogen-bond acceptors (Lipinski definition) is 3. The number of ether oxygens (including phenoxy) is 1. The molecule has 0 aliphatic rings. The van der Waals surface area contributed by atoms with E-state index in [1.54, 1.807) is 0 Å². The number of alkyl halides is 2. The first-order valence-electron chi connectivity index (χ1n) is 4.07. The fourth-order valence-corrected chi connectivity index (χ4v) is 1.19. The van der Waals surface area contributed by atoms with E-state index in [1.165, 1.54) is 18.2 Å². The molecule has 0 amide bonds. The first-order valence-corrected chi connectivity index (χ1v) is 4.45. The minimum absolute atomic E-state index is 0.0567. The Hall–Kier alpha value is -0.845. The summed E-state index contributed by atoms with van der Waals surface area (Å²) in [6.07, 6.45) is -2.58. The summed E-state index contributed by atoms with van der Waals surface area (Å²) in [5.41, 5.74) is 0.171. The van der Waals surface area contributed by atoms with Crippen LogP contribution in [0.3, 0.4) is 0 Å². The Morgan fingerprint density at radius 3 is 2.53 bits per heavy atom. The lowest BCUT2D eigenvalue weighted by Gasteiger charge is -2.08. The summed E-state index contributed by atoms with van der Waals surface area (Å²) in [5.74, 6) is 0.0846. The molecule has 1 aromatic rings. The van der Waals surface area contributed by atoms with Gasteiger partial charge in [-0.15, -0.1) is 0 Å². The normalized spacial score (nSPS) is 10.5. The van der Waals surface area contributed by atoms with Crippen molar-refractivity contribution in [3.8, 4) is 5.75 Å². The van der Waals surface area contributed by atoms with Crippen LogP contribution < -0.4 is 10.2 Å². The molecule has 2 N–H and O–H groups in total. The highest BCUT2D eigenvalue weighted by Gasteiger charge is 2.13. The Labute approximate surface area is 90.4 Å². The molecule has 0 atom stereocenters. The quantitative estimate of drug-likeness (QED) is 0.755. The molecule has 0 fully saturated rings. The van der Waals surface area contributed by atoms with E-state index in [0.29, 0.717) is 0 Å². The van der Waals surface area contributed by atoms with Crippen molar-refractivity contribution < 1.29 is 23.6 Å². The molecular formula is C8H8BClF2O3. The van der Waals surface area contributed by atoms with Gasteiger partial charge in [0.15, 0.2) is 0 Å². The van der Waals surface area contributed by atoms with Gasteiger partial charge in [0.25, 0.3) is 6.43 Å². The number of rotatable bonds is 4. The van der Waals surface area contributed by atoms with Crippen LogP contribution in [-0.4, -0.2) is 30.2 Å². The summed E-state index contributed by atoms with van der Waals surface area (Å²) in [5, 5.41) is 17.6. The minimum Gasteiger partial charge on any atom is -0.486 e. The number of benzene rings is 1. The van der Waals surface area contributed by atoms with Crippen molar-refractivity contribution in [2.75, 3.05) is 6.61 Å². The van der Waals surface area contributed by atoms with Crippen LogP contribution in [0, 0.1) is 0 Å². The van der Waals surface area contributed by atoms with Crippen molar-refractivity contribution in [2.24, 2.45) is 0 Å². The summed E-state index contributed by atoms with van der Waals surface area (Å²) in [6, 6.07) is 3.88. The van der Waals surface area contributed by atoms with Gasteiger partial charge in [-0.2, -0.15) is 0 Å². The van der Waals surface area contributed by atoms with Crippen LogP contribution in [-0.2, 0) is 0 Å². The van der Waals surface area contributed by atoms with Gasteiger partial charge >= 0.3 is 7.12 Å². The van der Waals surface area contributed by atoms with Crippen molar-refractivity contribution in [1.82, 2.24) is 0 Å². The molecule has 15 heavy (non-hydrogen) atoms. The molecular weight excluding hydrogens is 228 g/mol. The highest BCUT2D eigenvalue weighted by Crippen LogP contribution is 2.22. The predicted octanol–water partition coefficient (Wildman–Crippen LogP) is 0.664. The monoisotopic (exact) mass is 236 g/mol. The SMILES string of the molecule is OB(O)c1ccc(OCC(F)F)c(Cl)c1. The molecule has 3 nitrogen and oxygen atoms in total. The largest absolute Gasteiger partial charge is 0.488 e. The number of halogens is 3. The molecule has 0 saturated carbocycles. The van der Waals surface area contributed by atoms with Crippen LogP contribution in [0.25, 0.3) is 0 Å². The average molecular weight is 236 g/mol. The van der Waals surface area contributed by atoms with E-state index < -0.39 is 20.2 Å². The smallest absolute Gasteiger partial charge is 0.486 e. The molecule has 0 bridgehead atoms.